The number of rotatable bonds is 5. The van der Waals surface area contributed by atoms with Crippen LogP contribution in [0.25, 0.3) is 0 Å². The van der Waals surface area contributed by atoms with Gasteiger partial charge in [0, 0.05) is 17.2 Å². The van der Waals surface area contributed by atoms with Crippen molar-refractivity contribution in [2.75, 3.05) is 12.8 Å². The molecule has 0 saturated carbocycles. The molecule has 0 radical (unpaired) electrons. The molecular formula is C11H15NS. The second-order valence-electron chi connectivity index (χ2n) is 2.78. The van der Waals surface area contributed by atoms with Gasteiger partial charge in [-0.3, -0.25) is 0 Å². The lowest BCUT2D eigenvalue weighted by atomic mass is 10.2. The van der Waals surface area contributed by atoms with Crippen molar-refractivity contribution < 1.29 is 0 Å². The third-order valence-electron chi connectivity index (χ3n) is 1.65. The van der Waals surface area contributed by atoms with E-state index in [0.717, 1.165) is 12.3 Å². The number of thioether (sulfide) groups is 1. The maximum absolute atomic E-state index is 3.70. The highest BCUT2D eigenvalue weighted by atomic mass is 32.2. The van der Waals surface area contributed by atoms with Crippen LogP contribution in [0.2, 0.25) is 0 Å². The Morgan fingerprint density at radius 2 is 2.38 bits per heavy atom. The summed E-state index contributed by atoms with van der Waals surface area (Å²) in [6.07, 6.45) is 1.93. The normalized spacial score (nSPS) is 9.92. The first-order chi connectivity index (χ1) is 6.36. The van der Waals surface area contributed by atoms with Gasteiger partial charge in [-0.15, -0.1) is 18.3 Å². The van der Waals surface area contributed by atoms with Crippen LogP contribution in [0.3, 0.4) is 0 Å². The molecule has 0 aliphatic rings. The van der Waals surface area contributed by atoms with Crippen LogP contribution in [0, 0.1) is 0 Å². The minimum atomic E-state index is 0.933. The molecule has 0 amide bonds. The van der Waals surface area contributed by atoms with E-state index in [9.17, 15) is 0 Å². The van der Waals surface area contributed by atoms with Crippen LogP contribution in [0.4, 0.5) is 0 Å². The lowest BCUT2D eigenvalue weighted by Crippen LogP contribution is -2.04. The topological polar surface area (TPSA) is 12.0 Å². The Kier molecular flexibility index (Phi) is 4.65. The summed E-state index contributed by atoms with van der Waals surface area (Å²) in [5.41, 5.74) is 1.33. The summed E-state index contributed by atoms with van der Waals surface area (Å²) in [5, 5.41) is 3.14. The molecule has 0 aliphatic heterocycles. The minimum Gasteiger partial charge on any atom is -0.316 e. The molecule has 0 atom stereocenters. The van der Waals surface area contributed by atoms with Crippen LogP contribution in [-0.2, 0) is 6.54 Å². The first-order valence-corrected chi connectivity index (χ1v) is 5.32. The molecule has 13 heavy (non-hydrogen) atoms. The standard InChI is InChI=1S/C11H15NS/c1-3-7-13-11-6-4-5-10(8-11)9-12-2/h3-6,8,12H,1,7,9H2,2H3. The predicted molar refractivity (Wildman–Crippen MR) is 60.1 cm³/mol. The van der Waals surface area contributed by atoms with Crippen molar-refractivity contribution in [1.82, 2.24) is 5.32 Å². The Bertz CT molecular complexity index is 271. The van der Waals surface area contributed by atoms with Crippen LogP contribution in [0.15, 0.2) is 41.8 Å². The molecule has 2 heteroatoms. The lowest BCUT2D eigenvalue weighted by Gasteiger charge is -2.02. The van der Waals surface area contributed by atoms with Crippen LogP contribution in [-0.4, -0.2) is 12.8 Å². The van der Waals surface area contributed by atoms with Gasteiger partial charge in [0.2, 0.25) is 0 Å². The van der Waals surface area contributed by atoms with Gasteiger partial charge in [0.15, 0.2) is 0 Å². The molecule has 1 aromatic carbocycles. The van der Waals surface area contributed by atoms with E-state index in [-0.39, 0.29) is 0 Å². The Hall–Kier alpha value is -0.730. The fourth-order valence-electron chi connectivity index (χ4n) is 1.10. The highest BCUT2D eigenvalue weighted by Gasteiger charge is 1.94. The Morgan fingerprint density at radius 1 is 1.54 bits per heavy atom. The molecule has 0 fully saturated rings. The van der Waals surface area contributed by atoms with Crippen LogP contribution >= 0.6 is 11.8 Å². The van der Waals surface area contributed by atoms with E-state index in [1.165, 1.54) is 10.5 Å². The van der Waals surface area contributed by atoms with Gasteiger partial charge in [0.1, 0.15) is 0 Å². The molecule has 0 unspecified atom stereocenters. The molecule has 1 nitrogen and oxygen atoms in total. The summed E-state index contributed by atoms with van der Waals surface area (Å²) >= 11 is 1.81. The van der Waals surface area contributed by atoms with Crippen LogP contribution in [0.1, 0.15) is 5.56 Å². The van der Waals surface area contributed by atoms with Gasteiger partial charge >= 0.3 is 0 Å². The SMILES string of the molecule is C=CCSc1cccc(CNC)c1. The summed E-state index contributed by atoms with van der Waals surface area (Å²) in [6, 6.07) is 8.57. The van der Waals surface area contributed by atoms with E-state index in [1.807, 2.05) is 24.9 Å². The van der Waals surface area contributed by atoms with Crippen molar-refractivity contribution >= 4 is 11.8 Å². The number of hydrogen-bond donors (Lipinski definition) is 1. The van der Waals surface area contributed by atoms with Gasteiger partial charge in [0.05, 0.1) is 0 Å². The molecular weight excluding hydrogens is 178 g/mol. The maximum Gasteiger partial charge on any atom is 0.0202 e. The first-order valence-electron chi connectivity index (χ1n) is 4.34. The molecule has 70 valence electrons. The van der Waals surface area contributed by atoms with Gasteiger partial charge < -0.3 is 5.32 Å². The van der Waals surface area contributed by atoms with E-state index in [2.05, 4.69) is 36.2 Å². The molecule has 0 spiro atoms. The zero-order valence-electron chi connectivity index (χ0n) is 7.92. The fourth-order valence-corrected chi connectivity index (χ4v) is 1.82. The summed E-state index contributed by atoms with van der Waals surface area (Å²) in [5.74, 6) is 0.975. The molecule has 0 aliphatic carbocycles. The molecule has 0 heterocycles. The molecule has 0 bridgehead atoms. The summed E-state index contributed by atoms with van der Waals surface area (Å²) in [7, 11) is 1.96. The smallest absolute Gasteiger partial charge is 0.0202 e. The van der Waals surface area contributed by atoms with Crippen LogP contribution in [0.5, 0.6) is 0 Å². The first kappa shape index (κ1) is 10.4. The van der Waals surface area contributed by atoms with E-state index in [0.29, 0.717) is 0 Å². The van der Waals surface area contributed by atoms with E-state index in [1.54, 1.807) is 0 Å². The Balaban J connectivity index is 2.61. The number of nitrogens with one attached hydrogen (secondary N) is 1. The summed E-state index contributed by atoms with van der Waals surface area (Å²) in [4.78, 5) is 1.31. The largest absolute Gasteiger partial charge is 0.316 e. The highest BCUT2D eigenvalue weighted by Crippen LogP contribution is 2.18. The van der Waals surface area contributed by atoms with Gasteiger partial charge in [-0.1, -0.05) is 18.2 Å². The second-order valence-corrected chi connectivity index (χ2v) is 3.87. The second kappa shape index (κ2) is 5.84. The maximum atomic E-state index is 3.70. The summed E-state index contributed by atoms with van der Waals surface area (Å²) < 4.78 is 0. The van der Waals surface area contributed by atoms with Crippen molar-refractivity contribution in [1.29, 1.82) is 0 Å². The minimum absolute atomic E-state index is 0.933. The average molecular weight is 193 g/mol. The van der Waals surface area contributed by atoms with Crippen molar-refractivity contribution in [3.8, 4) is 0 Å². The predicted octanol–water partition coefficient (Wildman–Crippen LogP) is 2.68. The number of hydrogen-bond acceptors (Lipinski definition) is 2. The Morgan fingerprint density at radius 3 is 3.08 bits per heavy atom. The van der Waals surface area contributed by atoms with Gasteiger partial charge in [-0.05, 0) is 24.7 Å². The van der Waals surface area contributed by atoms with Gasteiger partial charge in [-0.25, -0.2) is 0 Å². The average Bonchev–Trinajstić information content (AvgIpc) is 2.16. The van der Waals surface area contributed by atoms with Crippen molar-refractivity contribution in [3.05, 3.63) is 42.5 Å². The third-order valence-corrected chi connectivity index (χ3v) is 2.64. The molecule has 1 N–H and O–H groups in total. The summed E-state index contributed by atoms with van der Waals surface area (Å²) in [6.45, 7) is 4.63. The van der Waals surface area contributed by atoms with E-state index in [4.69, 9.17) is 0 Å². The molecule has 0 aromatic heterocycles. The van der Waals surface area contributed by atoms with Crippen molar-refractivity contribution in [2.45, 2.75) is 11.4 Å². The van der Waals surface area contributed by atoms with Crippen molar-refractivity contribution in [3.63, 3.8) is 0 Å². The number of benzene rings is 1. The quantitative estimate of drug-likeness (QED) is 0.570. The van der Waals surface area contributed by atoms with Gasteiger partial charge in [-0.2, -0.15) is 0 Å². The monoisotopic (exact) mass is 193 g/mol. The zero-order chi connectivity index (χ0) is 9.52. The molecule has 0 saturated heterocycles. The van der Waals surface area contributed by atoms with E-state index >= 15 is 0 Å². The van der Waals surface area contributed by atoms with E-state index < -0.39 is 0 Å². The molecule has 1 rings (SSSR count). The fraction of sp³-hybridized carbons (Fsp3) is 0.273. The Labute approximate surface area is 84.2 Å². The molecule has 1 aromatic rings. The van der Waals surface area contributed by atoms with Gasteiger partial charge in [0.25, 0.3) is 0 Å². The lowest BCUT2D eigenvalue weighted by molar-refractivity contribution is 0.815. The van der Waals surface area contributed by atoms with Crippen LogP contribution < -0.4 is 5.32 Å². The third kappa shape index (κ3) is 3.66. The van der Waals surface area contributed by atoms with Crippen molar-refractivity contribution in [2.24, 2.45) is 0 Å². The highest BCUT2D eigenvalue weighted by molar-refractivity contribution is 7.99. The zero-order valence-corrected chi connectivity index (χ0v) is 8.73.